The second kappa shape index (κ2) is 9.75. The Kier molecular flexibility index (Phi) is 7.39. The summed E-state index contributed by atoms with van der Waals surface area (Å²) in [7, 11) is 4.16. The molecule has 0 aliphatic rings. The lowest BCUT2D eigenvalue weighted by molar-refractivity contribution is -0.136. The molecule has 0 radical (unpaired) electrons. The third-order valence-corrected chi connectivity index (χ3v) is 4.46. The van der Waals surface area contributed by atoms with Crippen LogP contribution in [0.3, 0.4) is 0 Å². The van der Waals surface area contributed by atoms with Crippen LogP contribution in [0.4, 0.5) is 0 Å². The molecule has 152 valence electrons. The summed E-state index contributed by atoms with van der Waals surface area (Å²) in [5, 5.41) is 0.282. The molecule has 2 aromatic rings. The number of primary amides is 1. The van der Waals surface area contributed by atoms with Gasteiger partial charge >= 0.3 is 5.97 Å². The van der Waals surface area contributed by atoms with Crippen molar-refractivity contribution in [2.75, 3.05) is 21.3 Å². The van der Waals surface area contributed by atoms with E-state index in [0.29, 0.717) is 28.2 Å². The molecule has 29 heavy (non-hydrogen) atoms. The number of allylic oxidation sites excluding steroid dienone is 1. The number of carbonyl (C=O) groups excluding carboxylic acids is 2. The minimum absolute atomic E-state index is 0.00791. The molecule has 0 saturated heterocycles. The van der Waals surface area contributed by atoms with Gasteiger partial charge in [0, 0.05) is 12.4 Å². The molecule has 8 heteroatoms. The molecule has 0 bridgehead atoms. The summed E-state index contributed by atoms with van der Waals surface area (Å²) in [6.07, 6.45) is 4.63. The van der Waals surface area contributed by atoms with E-state index in [1.807, 2.05) is 0 Å². The zero-order valence-electron chi connectivity index (χ0n) is 16.5. The van der Waals surface area contributed by atoms with Crippen molar-refractivity contribution in [1.82, 2.24) is 4.98 Å². The van der Waals surface area contributed by atoms with Crippen LogP contribution in [-0.4, -0.2) is 38.2 Å². The van der Waals surface area contributed by atoms with Crippen molar-refractivity contribution in [2.45, 2.75) is 6.92 Å². The van der Waals surface area contributed by atoms with E-state index in [9.17, 15) is 9.59 Å². The average Bonchev–Trinajstić information content (AvgIpc) is 2.72. The lowest BCUT2D eigenvalue weighted by Gasteiger charge is -2.15. The fourth-order valence-corrected chi connectivity index (χ4v) is 3.03. The number of ether oxygens (including phenoxy) is 3. The number of benzene rings is 1. The van der Waals surface area contributed by atoms with Gasteiger partial charge in [-0.2, -0.15) is 0 Å². The molecule has 1 amide bonds. The smallest absolute Gasteiger partial charge is 0.338 e. The fraction of sp³-hybridized carbons (Fsp3) is 0.190. The summed E-state index contributed by atoms with van der Waals surface area (Å²) < 4.78 is 15.5. The average molecular weight is 417 g/mol. The molecule has 0 spiro atoms. The minimum Gasteiger partial charge on any atom is -0.493 e. The Labute approximate surface area is 173 Å². The van der Waals surface area contributed by atoms with E-state index in [1.54, 1.807) is 43.6 Å². The summed E-state index contributed by atoms with van der Waals surface area (Å²) in [4.78, 5) is 28.7. The van der Waals surface area contributed by atoms with Crippen LogP contribution in [0.5, 0.6) is 11.5 Å². The maximum absolute atomic E-state index is 12.6. The number of aromatic nitrogens is 1. The van der Waals surface area contributed by atoms with E-state index in [-0.39, 0.29) is 16.2 Å². The van der Waals surface area contributed by atoms with E-state index in [2.05, 4.69) is 4.98 Å². The van der Waals surface area contributed by atoms with Gasteiger partial charge in [-0.15, -0.1) is 0 Å². The normalized spacial score (nSPS) is 12.1. The lowest BCUT2D eigenvalue weighted by atomic mass is 9.93. The number of hydrogen-bond acceptors (Lipinski definition) is 6. The summed E-state index contributed by atoms with van der Waals surface area (Å²) in [5.41, 5.74) is 7.21. The van der Waals surface area contributed by atoms with E-state index in [0.717, 1.165) is 0 Å². The number of amides is 1. The first-order valence-corrected chi connectivity index (χ1v) is 8.84. The Morgan fingerprint density at radius 1 is 1.10 bits per heavy atom. The van der Waals surface area contributed by atoms with Gasteiger partial charge in [-0.3, -0.25) is 9.78 Å². The highest BCUT2D eigenvalue weighted by Gasteiger charge is 2.24. The standard InChI is InChI=1S/C21H21ClN2O5/c1-12(14-10-16(22)19(28-3)17(11-14)27-2)18(21(26)29-4)15(20(23)25)9-13-5-7-24-8-6-13/h5-11H,1-4H3,(H2,23,25)/b15-9+,18-12-. The molecule has 1 aromatic carbocycles. The molecular formula is C21H21ClN2O5. The zero-order chi connectivity index (χ0) is 21.6. The second-order valence-corrected chi connectivity index (χ2v) is 6.30. The Bertz CT molecular complexity index is 984. The largest absolute Gasteiger partial charge is 0.493 e. The highest BCUT2D eigenvalue weighted by molar-refractivity contribution is 6.32. The Balaban J connectivity index is 2.77. The molecule has 1 heterocycles. The predicted octanol–water partition coefficient (Wildman–Crippen LogP) is 3.27. The van der Waals surface area contributed by atoms with Gasteiger partial charge in [-0.05, 0) is 54.0 Å². The summed E-state index contributed by atoms with van der Waals surface area (Å²) in [5.74, 6) is -0.772. The van der Waals surface area contributed by atoms with Crippen molar-refractivity contribution in [3.63, 3.8) is 0 Å². The van der Waals surface area contributed by atoms with Crippen molar-refractivity contribution in [2.24, 2.45) is 5.73 Å². The number of hydrogen-bond donors (Lipinski definition) is 1. The van der Waals surface area contributed by atoms with Gasteiger partial charge in [0.15, 0.2) is 11.5 Å². The number of esters is 1. The molecule has 1 aromatic heterocycles. The maximum atomic E-state index is 12.6. The zero-order valence-corrected chi connectivity index (χ0v) is 17.2. The molecule has 2 rings (SSSR count). The first-order chi connectivity index (χ1) is 13.8. The molecule has 2 N–H and O–H groups in total. The first kappa shape index (κ1) is 22.0. The van der Waals surface area contributed by atoms with Crippen LogP contribution in [0.15, 0.2) is 47.8 Å². The number of pyridine rings is 1. The molecule has 0 atom stereocenters. The van der Waals surface area contributed by atoms with Crippen molar-refractivity contribution in [1.29, 1.82) is 0 Å². The van der Waals surface area contributed by atoms with Crippen LogP contribution in [0.25, 0.3) is 11.6 Å². The molecule has 0 aliphatic carbocycles. The predicted molar refractivity (Wildman–Crippen MR) is 111 cm³/mol. The Hall–Kier alpha value is -3.32. The quantitative estimate of drug-likeness (QED) is 0.422. The SMILES string of the molecule is COC(=O)C(=C(/C)c1cc(Cl)c(OC)c(OC)c1)/C(=C\c1ccncc1)C(N)=O. The van der Waals surface area contributed by atoms with E-state index in [1.165, 1.54) is 27.4 Å². The van der Waals surface area contributed by atoms with Crippen molar-refractivity contribution in [3.05, 3.63) is 64.0 Å². The van der Waals surface area contributed by atoms with Crippen LogP contribution in [0, 0.1) is 0 Å². The minimum atomic E-state index is -0.784. The van der Waals surface area contributed by atoms with Gasteiger partial charge in [0.25, 0.3) is 0 Å². The number of rotatable bonds is 7. The van der Waals surface area contributed by atoms with Gasteiger partial charge < -0.3 is 19.9 Å². The number of carbonyl (C=O) groups is 2. The molecular weight excluding hydrogens is 396 g/mol. The Morgan fingerprint density at radius 3 is 2.28 bits per heavy atom. The fourth-order valence-electron chi connectivity index (χ4n) is 2.74. The number of methoxy groups -OCH3 is 3. The summed E-state index contributed by atoms with van der Waals surface area (Å²) >= 11 is 6.29. The second-order valence-electron chi connectivity index (χ2n) is 5.89. The van der Waals surface area contributed by atoms with Crippen molar-refractivity contribution in [3.8, 4) is 11.5 Å². The topological polar surface area (TPSA) is 101 Å². The van der Waals surface area contributed by atoms with Crippen LogP contribution in [0.2, 0.25) is 5.02 Å². The summed E-state index contributed by atoms with van der Waals surface area (Å²) in [6, 6.07) is 6.61. The van der Waals surface area contributed by atoms with Crippen molar-refractivity contribution < 1.29 is 23.8 Å². The molecule has 0 unspecified atom stereocenters. The van der Waals surface area contributed by atoms with Crippen LogP contribution in [-0.2, 0) is 14.3 Å². The van der Waals surface area contributed by atoms with Crippen LogP contribution < -0.4 is 15.2 Å². The molecule has 0 aliphatic heterocycles. The highest BCUT2D eigenvalue weighted by Crippen LogP contribution is 2.39. The van der Waals surface area contributed by atoms with Gasteiger partial charge in [-0.1, -0.05) is 11.6 Å². The maximum Gasteiger partial charge on any atom is 0.338 e. The first-order valence-electron chi connectivity index (χ1n) is 8.47. The van der Waals surface area contributed by atoms with Gasteiger partial charge in [0.05, 0.1) is 37.5 Å². The van der Waals surface area contributed by atoms with Crippen LogP contribution in [0.1, 0.15) is 18.1 Å². The third kappa shape index (κ3) is 4.94. The third-order valence-electron chi connectivity index (χ3n) is 4.18. The lowest BCUT2D eigenvalue weighted by Crippen LogP contribution is -2.21. The number of halogens is 1. The monoisotopic (exact) mass is 416 g/mol. The van der Waals surface area contributed by atoms with Gasteiger partial charge in [0.2, 0.25) is 5.91 Å². The van der Waals surface area contributed by atoms with Crippen LogP contribution >= 0.6 is 11.6 Å². The van der Waals surface area contributed by atoms with E-state index < -0.39 is 11.9 Å². The van der Waals surface area contributed by atoms with Crippen molar-refractivity contribution >= 4 is 35.1 Å². The van der Waals surface area contributed by atoms with Gasteiger partial charge in [-0.25, -0.2) is 4.79 Å². The number of nitrogens with zero attached hydrogens (tertiary/aromatic N) is 1. The highest BCUT2D eigenvalue weighted by atomic mass is 35.5. The molecule has 0 fully saturated rings. The van der Waals surface area contributed by atoms with E-state index in [4.69, 9.17) is 31.5 Å². The Morgan fingerprint density at radius 2 is 1.76 bits per heavy atom. The molecule has 0 saturated carbocycles. The van der Waals surface area contributed by atoms with E-state index >= 15 is 0 Å². The number of nitrogens with two attached hydrogens (primary N) is 1. The molecule has 7 nitrogen and oxygen atoms in total. The van der Waals surface area contributed by atoms with Gasteiger partial charge in [0.1, 0.15) is 0 Å². The summed E-state index contributed by atoms with van der Waals surface area (Å²) in [6.45, 7) is 1.66.